The van der Waals surface area contributed by atoms with E-state index < -0.39 is 0 Å². The molecule has 0 aliphatic rings. The van der Waals surface area contributed by atoms with E-state index in [0.717, 1.165) is 11.3 Å². The first-order valence-corrected chi connectivity index (χ1v) is 9.79. The third-order valence-electron chi connectivity index (χ3n) is 4.61. The van der Waals surface area contributed by atoms with Crippen LogP contribution in [0.25, 0.3) is 6.08 Å². The molecule has 0 atom stereocenters. The van der Waals surface area contributed by atoms with E-state index in [9.17, 15) is 9.59 Å². The van der Waals surface area contributed by atoms with Gasteiger partial charge in [-0.1, -0.05) is 30.3 Å². The Hall–Kier alpha value is -4.26. The summed E-state index contributed by atoms with van der Waals surface area (Å²) in [6.45, 7) is 0. The zero-order valence-corrected chi connectivity index (χ0v) is 18.0. The number of hydrogen-bond acceptors (Lipinski definition) is 5. The van der Waals surface area contributed by atoms with Gasteiger partial charge in [0.1, 0.15) is 17.2 Å². The second-order valence-electron chi connectivity index (χ2n) is 6.67. The molecule has 0 aliphatic heterocycles. The van der Waals surface area contributed by atoms with E-state index in [1.54, 1.807) is 49.6 Å². The molecule has 3 aromatic carbocycles. The van der Waals surface area contributed by atoms with E-state index in [0.29, 0.717) is 28.4 Å². The van der Waals surface area contributed by atoms with E-state index in [4.69, 9.17) is 14.2 Å². The molecule has 7 heteroatoms. The van der Waals surface area contributed by atoms with Gasteiger partial charge in [0.15, 0.2) is 0 Å². The largest absolute Gasteiger partial charge is 0.497 e. The van der Waals surface area contributed by atoms with Crippen LogP contribution in [0.5, 0.6) is 17.2 Å². The highest BCUT2D eigenvalue weighted by Crippen LogP contribution is 2.36. The van der Waals surface area contributed by atoms with E-state index in [-0.39, 0.29) is 11.8 Å². The van der Waals surface area contributed by atoms with Gasteiger partial charge in [-0.15, -0.1) is 0 Å². The molecule has 0 unspecified atom stereocenters. The summed E-state index contributed by atoms with van der Waals surface area (Å²) >= 11 is 0. The van der Waals surface area contributed by atoms with Gasteiger partial charge in [0, 0.05) is 23.8 Å². The molecule has 0 fully saturated rings. The Bertz CT molecular complexity index is 1110. The van der Waals surface area contributed by atoms with E-state index >= 15 is 0 Å². The maximum Gasteiger partial charge on any atom is 0.255 e. The predicted molar refractivity (Wildman–Crippen MR) is 125 cm³/mol. The van der Waals surface area contributed by atoms with Gasteiger partial charge in [-0.05, 0) is 35.9 Å². The van der Waals surface area contributed by atoms with Crippen LogP contribution in [0.15, 0.2) is 72.8 Å². The van der Waals surface area contributed by atoms with Crippen molar-refractivity contribution in [3.63, 3.8) is 0 Å². The molecule has 0 aromatic heterocycles. The number of amides is 2. The minimum Gasteiger partial charge on any atom is -0.497 e. The SMILES string of the molecule is COc1ccc(/C=C/C(=O)Nc2cc(OC)c(NC(=O)c3ccccc3)cc2OC)cc1. The second-order valence-corrected chi connectivity index (χ2v) is 6.67. The van der Waals surface area contributed by atoms with Crippen LogP contribution in [0.2, 0.25) is 0 Å². The number of carbonyl (C=O) groups is 2. The first kappa shape index (κ1) is 22.4. The zero-order valence-electron chi connectivity index (χ0n) is 18.0. The molecule has 3 rings (SSSR count). The van der Waals surface area contributed by atoms with Crippen molar-refractivity contribution in [1.82, 2.24) is 0 Å². The number of rotatable bonds is 8. The van der Waals surface area contributed by atoms with Gasteiger partial charge in [0.05, 0.1) is 32.7 Å². The summed E-state index contributed by atoms with van der Waals surface area (Å²) in [6.07, 6.45) is 3.10. The van der Waals surface area contributed by atoms with Crippen molar-refractivity contribution in [3.8, 4) is 17.2 Å². The number of methoxy groups -OCH3 is 3. The number of benzene rings is 3. The molecule has 0 radical (unpaired) electrons. The highest BCUT2D eigenvalue weighted by Gasteiger charge is 2.15. The Labute approximate surface area is 186 Å². The molecular weight excluding hydrogens is 408 g/mol. The fraction of sp³-hybridized carbons (Fsp3) is 0.120. The molecule has 3 aromatic rings. The van der Waals surface area contributed by atoms with Gasteiger partial charge in [0.25, 0.3) is 5.91 Å². The minimum absolute atomic E-state index is 0.287. The van der Waals surface area contributed by atoms with Crippen molar-refractivity contribution >= 4 is 29.3 Å². The van der Waals surface area contributed by atoms with E-state index in [1.807, 2.05) is 30.3 Å². The molecule has 2 amide bonds. The maximum absolute atomic E-state index is 12.5. The molecule has 0 aliphatic carbocycles. The van der Waals surface area contributed by atoms with Crippen LogP contribution in [-0.4, -0.2) is 33.1 Å². The summed E-state index contributed by atoms with van der Waals surface area (Å²) < 4.78 is 15.9. The van der Waals surface area contributed by atoms with Crippen LogP contribution in [0, 0.1) is 0 Å². The van der Waals surface area contributed by atoms with Crippen molar-refractivity contribution in [2.75, 3.05) is 32.0 Å². The van der Waals surface area contributed by atoms with Gasteiger partial charge in [-0.3, -0.25) is 9.59 Å². The topological polar surface area (TPSA) is 85.9 Å². The normalized spacial score (nSPS) is 10.5. The van der Waals surface area contributed by atoms with Gasteiger partial charge >= 0.3 is 0 Å². The lowest BCUT2D eigenvalue weighted by atomic mass is 10.2. The van der Waals surface area contributed by atoms with Gasteiger partial charge < -0.3 is 24.8 Å². The highest BCUT2D eigenvalue weighted by atomic mass is 16.5. The number of carbonyl (C=O) groups excluding carboxylic acids is 2. The Kier molecular flexibility index (Phi) is 7.48. The monoisotopic (exact) mass is 432 g/mol. The van der Waals surface area contributed by atoms with Crippen LogP contribution in [0.4, 0.5) is 11.4 Å². The first-order chi connectivity index (χ1) is 15.5. The van der Waals surface area contributed by atoms with Crippen LogP contribution in [0.3, 0.4) is 0 Å². The average Bonchev–Trinajstić information content (AvgIpc) is 2.84. The molecule has 7 nitrogen and oxygen atoms in total. The van der Waals surface area contributed by atoms with Crippen LogP contribution >= 0.6 is 0 Å². The lowest BCUT2D eigenvalue weighted by molar-refractivity contribution is -0.111. The van der Waals surface area contributed by atoms with Crippen molar-refractivity contribution in [2.24, 2.45) is 0 Å². The lowest BCUT2D eigenvalue weighted by Gasteiger charge is -2.16. The minimum atomic E-state index is -0.345. The zero-order chi connectivity index (χ0) is 22.9. The van der Waals surface area contributed by atoms with Gasteiger partial charge in [-0.2, -0.15) is 0 Å². The molecule has 164 valence electrons. The molecule has 32 heavy (non-hydrogen) atoms. The van der Waals surface area contributed by atoms with Crippen molar-refractivity contribution in [2.45, 2.75) is 0 Å². The second kappa shape index (κ2) is 10.7. The Morgan fingerprint density at radius 3 is 1.91 bits per heavy atom. The standard InChI is InChI=1S/C25H24N2O5/c1-30-19-12-9-17(10-13-19)11-14-24(28)26-20-15-23(32-3)21(16-22(20)31-2)27-25(29)18-7-5-4-6-8-18/h4-16H,1-3H3,(H,26,28)(H,27,29)/b14-11+. The maximum atomic E-state index is 12.5. The van der Waals surface area contributed by atoms with Crippen LogP contribution < -0.4 is 24.8 Å². The highest BCUT2D eigenvalue weighted by molar-refractivity contribution is 6.06. The third kappa shape index (κ3) is 5.66. The van der Waals surface area contributed by atoms with E-state index in [2.05, 4.69) is 10.6 Å². The molecule has 0 saturated heterocycles. The summed E-state index contributed by atoms with van der Waals surface area (Å²) in [6, 6.07) is 19.3. The summed E-state index contributed by atoms with van der Waals surface area (Å²) in [5.41, 5.74) is 2.19. The molecule has 0 saturated carbocycles. The molecule has 2 N–H and O–H groups in total. The van der Waals surface area contributed by atoms with Gasteiger partial charge in [-0.25, -0.2) is 0 Å². The predicted octanol–water partition coefficient (Wildman–Crippen LogP) is 4.62. The molecule has 0 spiro atoms. The Balaban J connectivity index is 1.76. The third-order valence-corrected chi connectivity index (χ3v) is 4.61. The summed E-state index contributed by atoms with van der Waals surface area (Å²) in [5.74, 6) is 0.861. The van der Waals surface area contributed by atoms with E-state index in [1.165, 1.54) is 20.3 Å². The Morgan fingerprint density at radius 2 is 1.34 bits per heavy atom. The Morgan fingerprint density at radius 1 is 0.750 bits per heavy atom. The summed E-state index contributed by atoms with van der Waals surface area (Å²) in [7, 11) is 4.56. The van der Waals surface area contributed by atoms with Crippen LogP contribution in [-0.2, 0) is 4.79 Å². The quantitative estimate of drug-likeness (QED) is 0.508. The average molecular weight is 432 g/mol. The van der Waals surface area contributed by atoms with Gasteiger partial charge in [0.2, 0.25) is 5.91 Å². The lowest BCUT2D eigenvalue weighted by Crippen LogP contribution is -2.14. The number of hydrogen-bond donors (Lipinski definition) is 2. The molecular formula is C25H24N2O5. The number of nitrogens with one attached hydrogen (secondary N) is 2. The number of anilines is 2. The van der Waals surface area contributed by atoms with Crippen molar-refractivity contribution in [1.29, 1.82) is 0 Å². The molecule has 0 bridgehead atoms. The molecule has 0 heterocycles. The fourth-order valence-electron chi connectivity index (χ4n) is 2.94. The van der Waals surface area contributed by atoms with Crippen molar-refractivity contribution < 1.29 is 23.8 Å². The smallest absolute Gasteiger partial charge is 0.255 e. The fourth-order valence-corrected chi connectivity index (χ4v) is 2.94. The van der Waals surface area contributed by atoms with Crippen molar-refractivity contribution in [3.05, 3.63) is 83.9 Å². The summed E-state index contributed by atoms with van der Waals surface area (Å²) in [5, 5.41) is 5.58. The van der Waals surface area contributed by atoms with Crippen LogP contribution in [0.1, 0.15) is 15.9 Å². The summed E-state index contributed by atoms with van der Waals surface area (Å²) in [4.78, 5) is 24.9. The first-order valence-electron chi connectivity index (χ1n) is 9.79. The number of ether oxygens (including phenoxy) is 3.